The first-order valence-electron chi connectivity index (χ1n) is 12.1. The van der Waals surface area contributed by atoms with Gasteiger partial charge < -0.3 is 20.4 Å². The summed E-state index contributed by atoms with van der Waals surface area (Å²) in [5, 5.41) is 36.2. The van der Waals surface area contributed by atoms with Gasteiger partial charge in [-0.25, -0.2) is 0 Å². The molecule has 0 radical (unpaired) electrons. The Kier molecular flexibility index (Phi) is 9.63. The molecule has 2 saturated carbocycles. The molecule has 0 amide bonds. The molecule has 4 rings (SSSR count). The van der Waals surface area contributed by atoms with E-state index >= 15 is 0 Å². The summed E-state index contributed by atoms with van der Waals surface area (Å²) in [6.07, 6.45) is 12.3. The molecule has 2 fully saturated rings. The first kappa shape index (κ1) is 24.3. The summed E-state index contributed by atoms with van der Waals surface area (Å²) in [5.74, 6) is 2.66. The largest absolute Gasteiger partial charge is 0.508 e. The third kappa shape index (κ3) is 7.39. The summed E-state index contributed by atoms with van der Waals surface area (Å²) in [6, 6.07) is 15.2. The van der Waals surface area contributed by atoms with Crippen LogP contribution in [0.2, 0.25) is 0 Å². The van der Waals surface area contributed by atoms with Crippen molar-refractivity contribution in [1.29, 1.82) is 0 Å². The highest BCUT2D eigenvalue weighted by atomic mass is 16.3. The molecule has 4 N–H and O–H groups in total. The van der Waals surface area contributed by atoms with Crippen LogP contribution in [0.3, 0.4) is 0 Å². The Balaban J connectivity index is 0.000000181. The van der Waals surface area contributed by atoms with Crippen LogP contribution >= 0.6 is 0 Å². The molecule has 4 heteroatoms. The van der Waals surface area contributed by atoms with E-state index in [4.69, 9.17) is 10.2 Å². The fraction of sp³-hybridized carbons (Fsp3) is 0.500. The molecule has 32 heavy (non-hydrogen) atoms. The molecule has 0 atom stereocenters. The van der Waals surface area contributed by atoms with Crippen molar-refractivity contribution in [2.24, 2.45) is 5.92 Å². The van der Waals surface area contributed by atoms with Crippen LogP contribution in [0.15, 0.2) is 60.2 Å². The Labute approximate surface area is 192 Å². The van der Waals surface area contributed by atoms with Crippen LogP contribution in [0.1, 0.15) is 80.8 Å². The molecule has 2 aliphatic rings. The minimum atomic E-state index is 0.166. The first-order chi connectivity index (χ1) is 15.6. The van der Waals surface area contributed by atoms with Crippen LogP contribution in [0.5, 0.6) is 11.5 Å². The Hall–Kier alpha value is -2.30. The summed E-state index contributed by atoms with van der Waals surface area (Å²) < 4.78 is 0. The average Bonchev–Trinajstić information content (AvgIpc) is 2.82. The highest BCUT2D eigenvalue weighted by Crippen LogP contribution is 2.37. The SMILES string of the molecule is OCC=C1CCC(c2ccc(O)cc2)CC1.OCCC1CCC(c2ccc(O)cc2)CC1. The Morgan fingerprint density at radius 2 is 1.12 bits per heavy atom. The standard InChI is InChI=1S/C14H20O2.C14H18O2/c2*15-10-9-11-1-3-12(4-2-11)13-5-7-14(16)8-6-13/h5-8,11-12,15-16H,1-4,9-10H2;5-9,12,15-16H,1-4,10H2. The second kappa shape index (κ2) is 12.7. The van der Waals surface area contributed by atoms with E-state index in [1.54, 1.807) is 24.3 Å². The van der Waals surface area contributed by atoms with Gasteiger partial charge in [0.1, 0.15) is 11.5 Å². The third-order valence-corrected chi connectivity index (χ3v) is 7.12. The molecular formula is C28H38O4. The van der Waals surface area contributed by atoms with Crippen molar-refractivity contribution >= 4 is 0 Å². The van der Waals surface area contributed by atoms with E-state index in [1.807, 2.05) is 30.3 Å². The topological polar surface area (TPSA) is 80.9 Å². The summed E-state index contributed by atoms with van der Waals surface area (Å²) in [4.78, 5) is 0. The van der Waals surface area contributed by atoms with Crippen LogP contribution in [0.4, 0.5) is 0 Å². The molecule has 0 aromatic heterocycles. The molecule has 4 nitrogen and oxygen atoms in total. The molecule has 2 aromatic rings. The van der Waals surface area contributed by atoms with Gasteiger partial charge in [-0.3, -0.25) is 0 Å². The molecule has 0 bridgehead atoms. The number of hydrogen-bond donors (Lipinski definition) is 4. The molecule has 174 valence electrons. The highest BCUT2D eigenvalue weighted by Gasteiger charge is 2.22. The predicted octanol–water partition coefficient (Wildman–Crippen LogP) is 6.02. The maximum atomic E-state index is 9.24. The zero-order valence-electron chi connectivity index (χ0n) is 19.0. The summed E-state index contributed by atoms with van der Waals surface area (Å²) in [7, 11) is 0. The van der Waals surface area contributed by atoms with Gasteiger partial charge >= 0.3 is 0 Å². The number of allylic oxidation sites excluding steroid dienone is 1. The van der Waals surface area contributed by atoms with Gasteiger partial charge in [-0.1, -0.05) is 35.9 Å². The van der Waals surface area contributed by atoms with Crippen molar-refractivity contribution < 1.29 is 20.4 Å². The molecule has 0 spiro atoms. The van der Waals surface area contributed by atoms with Crippen molar-refractivity contribution in [3.8, 4) is 11.5 Å². The lowest BCUT2D eigenvalue weighted by molar-refractivity contribution is 0.222. The fourth-order valence-corrected chi connectivity index (χ4v) is 5.12. The van der Waals surface area contributed by atoms with Gasteiger partial charge in [-0.15, -0.1) is 0 Å². The maximum Gasteiger partial charge on any atom is 0.115 e. The zero-order valence-corrected chi connectivity index (χ0v) is 19.0. The van der Waals surface area contributed by atoms with Gasteiger partial charge in [0.25, 0.3) is 0 Å². The highest BCUT2D eigenvalue weighted by molar-refractivity contribution is 5.30. The number of aliphatic hydroxyl groups is 2. The molecule has 2 aromatic carbocycles. The van der Waals surface area contributed by atoms with E-state index in [0.29, 0.717) is 29.9 Å². The second-order valence-electron chi connectivity index (χ2n) is 9.23. The van der Waals surface area contributed by atoms with Crippen molar-refractivity contribution in [1.82, 2.24) is 0 Å². The van der Waals surface area contributed by atoms with Crippen molar-refractivity contribution in [2.45, 2.75) is 69.6 Å². The predicted molar refractivity (Wildman–Crippen MR) is 129 cm³/mol. The molecule has 0 heterocycles. The number of rotatable bonds is 5. The number of phenols is 2. The van der Waals surface area contributed by atoms with E-state index in [9.17, 15) is 10.2 Å². The lowest BCUT2D eigenvalue weighted by Crippen LogP contribution is -2.14. The van der Waals surface area contributed by atoms with Crippen LogP contribution in [-0.4, -0.2) is 33.6 Å². The minimum Gasteiger partial charge on any atom is -0.508 e. The Bertz CT molecular complexity index is 808. The molecule has 0 saturated heterocycles. The van der Waals surface area contributed by atoms with Crippen molar-refractivity contribution in [2.75, 3.05) is 13.2 Å². The zero-order chi connectivity index (χ0) is 22.8. The lowest BCUT2D eigenvalue weighted by Gasteiger charge is -2.28. The van der Waals surface area contributed by atoms with Crippen LogP contribution in [0, 0.1) is 5.92 Å². The summed E-state index contributed by atoms with van der Waals surface area (Å²) >= 11 is 0. The van der Waals surface area contributed by atoms with Crippen molar-refractivity contribution in [3.63, 3.8) is 0 Å². The van der Waals surface area contributed by atoms with Gasteiger partial charge in [0.15, 0.2) is 0 Å². The van der Waals surface area contributed by atoms with E-state index in [0.717, 1.165) is 38.0 Å². The van der Waals surface area contributed by atoms with E-state index in [-0.39, 0.29) is 6.61 Å². The lowest BCUT2D eigenvalue weighted by atomic mass is 9.78. The normalized spacial score (nSPS) is 23.2. The van der Waals surface area contributed by atoms with Crippen LogP contribution < -0.4 is 0 Å². The smallest absolute Gasteiger partial charge is 0.115 e. The second-order valence-corrected chi connectivity index (χ2v) is 9.23. The van der Waals surface area contributed by atoms with Gasteiger partial charge in [0.2, 0.25) is 0 Å². The van der Waals surface area contributed by atoms with Gasteiger partial charge in [-0.2, -0.15) is 0 Å². The first-order valence-corrected chi connectivity index (χ1v) is 12.1. The number of phenolic OH excluding ortho intramolecular Hbond substituents is 2. The Morgan fingerprint density at radius 3 is 1.56 bits per heavy atom. The van der Waals surface area contributed by atoms with Gasteiger partial charge in [-0.05, 0) is 111 Å². The number of benzene rings is 2. The number of aliphatic hydroxyl groups excluding tert-OH is 2. The summed E-state index contributed by atoms with van der Waals surface area (Å²) in [5.41, 5.74) is 4.05. The van der Waals surface area contributed by atoms with Crippen LogP contribution in [-0.2, 0) is 0 Å². The maximum absolute atomic E-state index is 9.24. The molecule has 0 aliphatic heterocycles. The molecule has 0 unspecified atom stereocenters. The van der Waals surface area contributed by atoms with Crippen LogP contribution in [0.25, 0.3) is 0 Å². The van der Waals surface area contributed by atoms with Crippen molar-refractivity contribution in [3.05, 3.63) is 71.3 Å². The third-order valence-electron chi connectivity index (χ3n) is 7.12. The number of aromatic hydroxyl groups is 2. The fourth-order valence-electron chi connectivity index (χ4n) is 5.12. The quantitative estimate of drug-likeness (QED) is 0.431. The number of hydrogen-bond acceptors (Lipinski definition) is 4. The van der Waals surface area contributed by atoms with Gasteiger partial charge in [0.05, 0.1) is 6.61 Å². The minimum absolute atomic E-state index is 0.166. The van der Waals surface area contributed by atoms with E-state index < -0.39 is 0 Å². The van der Waals surface area contributed by atoms with E-state index in [1.165, 1.54) is 42.4 Å². The summed E-state index contributed by atoms with van der Waals surface area (Å²) in [6.45, 7) is 0.494. The van der Waals surface area contributed by atoms with Gasteiger partial charge in [0, 0.05) is 6.61 Å². The molecular weight excluding hydrogens is 400 g/mol. The monoisotopic (exact) mass is 438 g/mol. The van der Waals surface area contributed by atoms with E-state index in [2.05, 4.69) is 0 Å². The molecule has 2 aliphatic carbocycles. The Morgan fingerprint density at radius 1 is 0.656 bits per heavy atom. The average molecular weight is 439 g/mol.